The number of aliphatic imine (C=N–C) groups is 1. The fourth-order valence-corrected chi connectivity index (χ4v) is 4.75. The Bertz CT molecular complexity index is 378. The van der Waals surface area contributed by atoms with Gasteiger partial charge < -0.3 is 5.32 Å². The zero-order valence-electron chi connectivity index (χ0n) is 9.48. The minimum absolute atomic E-state index is 0.0758. The zero-order chi connectivity index (χ0) is 11.6. The lowest BCUT2D eigenvalue weighted by molar-refractivity contribution is 0.599. The van der Waals surface area contributed by atoms with Gasteiger partial charge in [-0.05, 0) is 19.3 Å². The minimum Gasteiger partial charge on any atom is -0.361 e. The maximum atomic E-state index is 11.3. The van der Waals surface area contributed by atoms with Gasteiger partial charge in [-0.3, -0.25) is 4.99 Å². The Kier molecular flexibility index (Phi) is 3.79. The summed E-state index contributed by atoms with van der Waals surface area (Å²) >= 11 is 1.71. The maximum Gasteiger partial charge on any atom is 0.157 e. The molecule has 0 aromatic rings. The Hall–Kier alpha value is -0.230. The Balaban J connectivity index is 1.93. The molecule has 2 unspecified atom stereocenters. The third-order valence-electron chi connectivity index (χ3n) is 3.02. The van der Waals surface area contributed by atoms with Crippen LogP contribution < -0.4 is 5.32 Å². The van der Waals surface area contributed by atoms with Gasteiger partial charge in [0.2, 0.25) is 0 Å². The van der Waals surface area contributed by atoms with E-state index in [4.69, 9.17) is 0 Å². The number of rotatable bonds is 2. The van der Waals surface area contributed by atoms with Crippen LogP contribution in [0.4, 0.5) is 0 Å². The summed E-state index contributed by atoms with van der Waals surface area (Å²) in [6.45, 7) is 2.14. The number of hydrogen-bond acceptors (Lipinski definition) is 5. The number of nitrogens with zero attached hydrogens (tertiary/aromatic N) is 1. The molecule has 1 fully saturated rings. The van der Waals surface area contributed by atoms with Crippen LogP contribution >= 0.6 is 11.8 Å². The second kappa shape index (κ2) is 4.96. The first-order chi connectivity index (χ1) is 7.59. The highest BCUT2D eigenvalue weighted by Gasteiger charge is 2.29. The van der Waals surface area contributed by atoms with E-state index >= 15 is 0 Å². The first kappa shape index (κ1) is 12.2. The summed E-state index contributed by atoms with van der Waals surface area (Å²) in [7, 11) is -2.79. The van der Waals surface area contributed by atoms with Gasteiger partial charge in [0.05, 0.1) is 17.5 Å². The molecule has 0 radical (unpaired) electrons. The lowest BCUT2D eigenvalue weighted by atomic mass is 10.2. The molecular formula is C10H18N2O2S2. The Morgan fingerprint density at radius 3 is 2.94 bits per heavy atom. The molecule has 92 valence electrons. The highest BCUT2D eigenvalue weighted by Crippen LogP contribution is 2.20. The van der Waals surface area contributed by atoms with Crippen molar-refractivity contribution >= 4 is 26.8 Å². The molecule has 4 nitrogen and oxygen atoms in total. The van der Waals surface area contributed by atoms with Crippen LogP contribution in [0.2, 0.25) is 0 Å². The third kappa shape index (κ3) is 3.13. The molecule has 1 N–H and O–H groups in total. The Morgan fingerprint density at radius 1 is 1.50 bits per heavy atom. The lowest BCUT2D eigenvalue weighted by Crippen LogP contribution is -2.36. The minimum atomic E-state index is -2.79. The number of thioether (sulfide) groups is 1. The Labute approximate surface area is 101 Å². The topological polar surface area (TPSA) is 58.5 Å². The summed E-state index contributed by atoms with van der Waals surface area (Å²) in [6, 6.07) is 0.494. The van der Waals surface area contributed by atoms with Gasteiger partial charge in [0, 0.05) is 11.8 Å². The molecule has 2 aliphatic rings. The average Bonchev–Trinajstić information content (AvgIpc) is 2.58. The summed E-state index contributed by atoms with van der Waals surface area (Å²) in [5.74, 6) is 1.67. The van der Waals surface area contributed by atoms with E-state index in [2.05, 4.69) is 17.2 Å². The van der Waals surface area contributed by atoms with Crippen LogP contribution in [-0.4, -0.2) is 42.9 Å². The monoisotopic (exact) mass is 262 g/mol. The molecule has 16 heavy (non-hydrogen) atoms. The summed E-state index contributed by atoms with van der Waals surface area (Å²) in [5, 5.41) is 4.22. The van der Waals surface area contributed by atoms with Gasteiger partial charge in [-0.2, -0.15) is 0 Å². The van der Waals surface area contributed by atoms with E-state index in [1.165, 1.54) is 0 Å². The normalized spacial score (nSPS) is 33.4. The van der Waals surface area contributed by atoms with E-state index in [9.17, 15) is 8.42 Å². The first-order valence-corrected chi connectivity index (χ1v) is 8.57. The van der Waals surface area contributed by atoms with Crippen molar-refractivity contribution in [3.63, 3.8) is 0 Å². The summed E-state index contributed by atoms with van der Waals surface area (Å²) < 4.78 is 22.6. The van der Waals surface area contributed by atoms with Crippen molar-refractivity contribution in [2.24, 2.45) is 4.99 Å². The van der Waals surface area contributed by atoms with Crippen LogP contribution in [0, 0.1) is 0 Å². The van der Waals surface area contributed by atoms with Crippen molar-refractivity contribution in [1.82, 2.24) is 5.32 Å². The van der Waals surface area contributed by atoms with Crippen LogP contribution in [0.1, 0.15) is 26.2 Å². The van der Waals surface area contributed by atoms with Crippen LogP contribution in [0.15, 0.2) is 4.99 Å². The molecule has 0 saturated carbocycles. The van der Waals surface area contributed by atoms with Crippen LogP contribution in [0.3, 0.4) is 0 Å². The van der Waals surface area contributed by atoms with Crippen molar-refractivity contribution < 1.29 is 8.42 Å². The molecule has 0 bridgehead atoms. The molecule has 0 aromatic carbocycles. The van der Waals surface area contributed by atoms with Crippen molar-refractivity contribution in [2.75, 3.05) is 17.3 Å². The summed E-state index contributed by atoms with van der Waals surface area (Å²) in [6.07, 6.45) is 2.92. The Morgan fingerprint density at radius 2 is 2.31 bits per heavy atom. The predicted octanol–water partition coefficient (Wildman–Crippen LogP) is 1.03. The van der Waals surface area contributed by atoms with Crippen LogP contribution in [0.5, 0.6) is 0 Å². The largest absolute Gasteiger partial charge is 0.361 e. The highest BCUT2D eigenvalue weighted by molar-refractivity contribution is 8.13. The van der Waals surface area contributed by atoms with Crippen molar-refractivity contribution in [3.8, 4) is 0 Å². The summed E-state index contributed by atoms with van der Waals surface area (Å²) in [4.78, 5) is 4.59. The fourth-order valence-electron chi connectivity index (χ4n) is 2.02. The maximum absolute atomic E-state index is 11.3. The quantitative estimate of drug-likeness (QED) is 0.807. The fraction of sp³-hybridized carbons (Fsp3) is 0.900. The molecule has 0 amide bonds. The van der Waals surface area contributed by atoms with Crippen molar-refractivity contribution in [1.29, 1.82) is 0 Å². The second-order valence-electron chi connectivity index (χ2n) is 4.38. The van der Waals surface area contributed by atoms with Crippen LogP contribution in [0.25, 0.3) is 0 Å². The molecule has 0 aromatic heterocycles. The molecule has 0 spiro atoms. The van der Waals surface area contributed by atoms with Gasteiger partial charge >= 0.3 is 0 Å². The van der Waals surface area contributed by atoms with E-state index in [0.717, 1.165) is 30.2 Å². The predicted molar refractivity (Wildman–Crippen MR) is 68.8 cm³/mol. The highest BCUT2D eigenvalue weighted by atomic mass is 32.2. The lowest BCUT2D eigenvalue weighted by Gasteiger charge is -2.21. The number of hydrogen-bond donors (Lipinski definition) is 1. The number of sulfone groups is 1. The molecule has 6 heteroatoms. The van der Waals surface area contributed by atoms with Crippen LogP contribution in [-0.2, 0) is 9.84 Å². The zero-order valence-corrected chi connectivity index (χ0v) is 11.1. The number of nitrogens with one attached hydrogen (secondary N) is 1. The van der Waals surface area contributed by atoms with Gasteiger partial charge in [-0.15, -0.1) is 0 Å². The summed E-state index contributed by atoms with van der Waals surface area (Å²) in [5.41, 5.74) is 0. The average molecular weight is 262 g/mol. The molecule has 2 atom stereocenters. The van der Waals surface area contributed by atoms with Gasteiger partial charge in [0.25, 0.3) is 0 Å². The van der Waals surface area contributed by atoms with Gasteiger partial charge in [-0.1, -0.05) is 18.7 Å². The molecule has 2 rings (SSSR count). The van der Waals surface area contributed by atoms with Gasteiger partial charge in [0.1, 0.15) is 0 Å². The smallest absolute Gasteiger partial charge is 0.157 e. The third-order valence-corrected chi connectivity index (χ3v) is 5.73. The van der Waals surface area contributed by atoms with Crippen molar-refractivity contribution in [3.05, 3.63) is 0 Å². The van der Waals surface area contributed by atoms with E-state index in [0.29, 0.717) is 11.8 Å². The molecule has 1 saturated heterocycles. The van der Waals surface area contributed by atoms with E-state index in [-0.39, 0.29) is 11.8 Å². The van der Waals surface area contributed by atoms with E-state index in [1.807, 2.05) is 0 Å². The standard InChI is InChI=1S/C10H18N2O2S2/c1-2-8-3-5-15-10(11-8)12-9-4-6-16(13,14)7-9/h8-9H,2-7H2,1H3,(H,11,12). The van der Waals surface area contributed by atoms with E-state index in [1.54, 1.807) is 11.8 Å². The van der Waals surface area contributed by atoms with E-state index < -0.39 is 9.84 Å². The van der Waals surface area contributed by atoms with Crippen molar-refractivity contribution in [2.45, 2.75) is 38.3 Å². The van der Waals surface area contributed by atoms with Gasteiger partial charge in [0.15, 0.2) is 15.0 Å². The second-order valence-corrected chi connectivity index (χ2v) is 7.69. The number of amidine groups is 1. The molecule has 0 aliphatic carbocycles. The van der Waals surface area contributed by atoms with Gasteiger partial charge in [-0.25, -0.2) is 8.42 Å². The molecule has 2 heterocycles. The molecular weight excluding hydrogens is 244 g/mol. The SMILES string of the molecule is CCC1CCSC(NC2CCS(=O)(=O)C2)=N1. The molecule has 2 aliphatic heterocycles. The first-order valence-electron chi connectivity index (χ1n) is 5.76.